The van der Waals surface area contributed by atoms with Crippen LogP contribution in [-0.2, 0) is 29.4 Å². The smallest absolute Gasteiger partial charge is 0.407 e. The molecule has 0 N–H and O–H groups in total. The molecule has 2 atom stereocenters. The Labute approximate surface area is 204 Å². The lowest BCUT2D eigenvalue weighted by Crippen LogP contribution is -2.23. The van der Waals surface area contributed by atoms with E-state index in [2.05, 4.69) is 0 Å². The summed E-state index contributed by atoms with van der Waals surface area (Å²) in [5.74, 6) is -0.265. The van der Waals surface area contributed by atoms with Crippen LogP contribution in [0.3, 0.4) is 0 Å². The number of fused-ring (bicyclic) bond motifs is 2. The summed E-state index contributed by atoms with van der Waals surface area (Å²) in [4.78, 5) is 13.6. The summed E-state index contributed by atoms with van der Waals surface area (Å²) in [5.41, 5.74) is 3.01. The minimum atomic E-state index is -3.90. The van der Waals surface area contributed by atoms with Crippen molar-refractivity contribution in [3.05, 3.63) is 64.1 Å². The van der Waals surface area contributed by atoms with E-state index in [0.29, 0.717) is 45.9 Å². The predicted octanol–water partition coefficient (Wildman–Crippen LogP) is 7.62. The number of rotatable bonds is 9. The number of allylic oxidation sites excluding steroid dienone is 2. The standard InChI is InChI=1S/C26H29ClFO5P/c1-4-16-7-8-17(21-12-11-20(27)15-23(21)28)14-22(16)24-25(29)18-9-10-19(13-18)26(24)33-34(30,31-5-2)32-6-3/h7-8,11-12,14-15,18-19H,4-6,9-10,13H2,1-3H3. The van der Waals surface area contributed by atoms with E-state index in [1.54, 1.807) is 26.0 Å². The molecule has 1 fully saturated rings. The van der Waals surface area contributed by atoms with Crippen molar-refractivity contribution in [2.45, 2.75) is 46.5 Å². The van der Waals surface area contributed by atoms with Gasteiger partial charge in [-0.15, -0.1) is 0 Å². The van der Waals surface area contributed by atoms with Gasteiger partial charge in [-0.25, -0.2) is 8.96 Å². The van der Waals surface area contributed by atoms with E-state index in [9.17, 15) is 13.8 Å². The quantitative estimate of drug-likeness (QED) is 0.327. The maximum atomic E-state index is 14.7. The number of hydrogen-bond acceptors (Lipinski definition) is 5. The van der Waals surface area contributed by atoms with Crippen molar-refractivity contribution in [2.24, 2.45) is 11.8 Å². The van der Waals surface area contributed by atoms with Gasteiger partial charge in [-0.1, -0.05) is 30.7 Å². The molecule has 5 nitrogen and oxygen atoms in total. The first-order valence-electron chi connectivity index (χ1n) is 11.8. The Bertz CT molecular complexity index is 1170. The van der Waals surface area contributed by atoms with Gasteiger partial charge in [0.25, 0.3) is 0 Å². The van der Waals surface area contributed by atoms with E-state index in [-0.39, 0.29) is 30.8 Å². The van der Waals surface area contributed by atoms with Gasteiger partial charge in [0.1, 0.15) is 11.6 Å². The van der Waals surface area contributed by atoms with E-state index in [1.165, 1.54) is 6.07 Å². The molecule has 2 bridgehead atoms. The van der Waals surface area contributed by atoms with Crippen molar-refractivity contribution in [1.82, 2.24) is 0 Å². The summed E-state index contributed by atoms with van der Waals surface area (Å²) in [5, 5.41) is 0.312. The molecule has 0 aliphatic heterocycles. The number of phosphoric acid groups is 1. The molecule has 0 amide bonds. The molecule has 0 radical (unpaired) electrons. The third-order valence-electron chi connectivity index (χ3n) is 6.45. The summed E-state index contributed by atoms with van der Waals surface area (Å²) in [6.45, 7) is 5.71. The first-order chi connectivity index (χ1) is 16.3. The number of benzene rings is 2. The second-order valence-corrected chi connectivity index (χ2v) is 10.6. The first-order valence-corrected chi connectivity index (χ1v) is 13.6. The van der Waals surface area contributed by atoms with Gasteiger partial charge < -0.3 is 4.52 Å². The van der Waals surface area contributed by atoms with E-state index in [4.69, 9.17) is 25.2 Å². The summed E-state index contributed by atoms with van der Waals surface area (Å²) >= 11 is 5.94. The van der Waals surface area contributed by atoms with Crippen LogP contribution in [0.5, 0.6) is 0 Å². The highest BCUT2D eigenvalue weighted by atomic mass is 35.5. The number of carbonyl (C=O) groups excluding carboxylic acids is 1. The molecule has 34 heavy (non-hydrogen) atoms. The zero-order valence-electron chi connectivity index (χ0n) is 19.6. The Balaban J connectivity index is 1.90. The Morgan fingerprint density at radius 3 is 2.35 bits per heavy atom. The van der Waals surface area contributed by atoms with Crippen LogP contribution in [0.2, 0.25) is 5.02 Å². The number of ketones is 1. The van der Waals surface area contributed by atoms with Crippen molar-refractivity contribution < 1.29 is 27.3 Å². The fraction of sp³-hybridized carbons (Fsp3) is 0.423. The Kier molecular flexibility index (Phi) is 7.63. The van der Waals surface area contributed by atoms with Gasteiger partial charge in [0.2, 0.25) is 0 Å². The molecule has 4 rings (SSSR count). The molecule has 1 saturated carbocycles. The molecule has 0 heterocycles. The van der Waals surface area contributed by atoms with Crippen molar-refractivity contribution in [3.8, 4) is 11.1 Å². The van der Waals surface area contributed by atoms with Gasteiger partial charge in [-0.05, 0) is 80.5 Å². The number of phosphoric ester groups is 1. The Morgan fingerprint density at radius 2 is 1.71 bits per heavy atom. The average Bonchev–Trinajstić information content (AvgIpc) is 3.24. The van der Waals surface area contributed by atoms with Crippen LogP contribution in [-0.4, -0.2) is 19.0 Å². The van der Waals surface area contributed by atoms with Crippen LogP contribution in [0, 0.1) is 17.7 Å². The van der Waals surface area contributed by atoms with Crippen molar-refractivity contribution >= 4 is 30.8 Å². The van der Waals surface area contributed by atoms with Crippen LogP contribution in [0.1, 0.15) is 51.2 Å². The molecule has 0 saturated heterocycles. The Hall–Kier alpha value is -1.98. The molecule has 2 aliphatic carbocycles. The monoisotopic (exact) mass is 506 g/mol. The van der Waals surface area contributed by atoms with Crippen LogP contribution in [0.25, 0.3) is 16.7 Å². The first kappa shape index (κ1) is 25.1. The molecule has 2 aromatic rings. The van der Waals surface area contributed by atoms with Crippen LogP contribution in [0.4, 0.5) is 4.39 Å². The number of hydrogen-bond donors (Lipinski definition) is 0. The van der Waals surface area contributed by atoms with E-state index >= 15 is 0 Å². The zero-order valence-corrected chi connectivity index (χ0v) is 21.3. The largest absolute Gasteiger partial charge is 0.529 e. The molecule has 2 aromatic carbocycles. The Morgan fingerprint density at radius 1 is 1.00 bits per heavy atom. The fourth-order valence-corrected chi connectivity index (χ4v) is 6.36. The van der Waals surface area contributed by atoms with E-state index in [0.717, 1.165) is 18.4 Å². The maximum absolute atomic E-state index is 14.7. The molecular formula is C26H29ClFO5P. The molecule has 2 unspecified atom stereocenters. The lowest BCUT2D eigenvalue weighted by atomic mass is 9.81. The maximum Gasteiger partial charge on any atom is 0.529 e. The molecular weight excluding hydrogens is 478 g/mol. The van der Waals surface area contributed by atoms with Crippen LogP contribution in [0.15, 0.2) is 42.2 Å². The third-order valence-corrected chi connectivity index (χ3v) is 8.26. The highest BCUT2D eigenvalue weighted by Gasteiger charge is 2.45. The summed E-state index contributed by atoms with van der Waals surface area (Å²) < 4.78 is 44.7. The van der Waals surface area contributed by atoms with Gasteiger partial charge in [0.05, 0.1) is 18.8 Å². The second kappa shape index (κ2) is 10.3. The van der Waals surface area contributed by atoms with Gasteiger partial charge in [-0.2, -0.15) is 0 Å². The third kappa shape index (κ3) is 4.87. The van der Waals surface area contributed by atoms with Gasteiger partial charge >= 0.3 is 7.82 Å². The normalized spacial score (nSPS) is 20.2. The molecule has 182 valence electrons. The topological polar surface area (TPSA) is 61.8 Å². The lowest BCUT2D eigenvalue weighted by molar-refractivity contribution is -0.117. The number of carbonyl (C=O) groups is 1. The minimum absolute atomic E-state index is 0.0354. The lowest BCUT2D eigenvalue weighted by Gasteiger charge is -2.29. The highest BCUT2D eigenvalue weighted by Crippen LogP contribution is 2.57. The van der Waals surface area contributed by atoms with Gasteiger partial charge in [0, 0.05) is 22.4 Å². The SMILES string of the molecule is CCOP(=O)(OCC)OC1=C(c2cc(-c3ccc(Cl)cc3F)ccc2CC)C(=O)C2CCC1C2. The van der Waals surface area contributed by atoms with Crippen molar-refractivity contribution in [2.75, 3.05) is 13.2 Å². The predicted molar refractivity (Wildman–Crippen MR) is 131 cm³/mol. The average molecular weight is 507 g/mol. The fourth-order valence-electron chi connectivity index (χ4n) is 4.91. The molecule has 2 aliphatic rings. The number of halogens is 2. The molecule has 8 heteroatoms. The second-order valence-electron chi connectivity index (χ2n) is 8.53. The van der Waals surface area contributed by atoms with E-state index < -0.39 is 13.6 Å². The summed E-state index contributed by atoms with van der Waals surface area (Å²) in [6.07, 6.45) is 2.83. The highest BCUT2D eigenvalue weighted by molar-refractivity contribution is 7.48. The van der Waals surface area contributed by atoms with Gasteiger partial charge in [0.15, 0.2) is 5.78 Å². The number of aryl methyl sites for hydroxylation is 1. The zero-order chi connectivity index (χ0) is 24.5. The van der Waals surface area contributed by atoms with Crippen molar-refractivity contribution in [3.63, 3.8) is 0 Å². The van der Waals surface area contributed by atoms with Gasteiger partial charge in [-0.3, -0.25) is 13.8 Å². The number of Topliss-reactive ketones (excluding diaryl/α,β-unsaturated/α-hetero) is 1. The molecule has 0 aromatic heterocycles. The minimum Gasteiger partial charge on any atom is -0.407 e. The van der Waals surface area contributed by atoms with Crippen molar-refractivity contribution in [1.29, 1.82) is 0 Å². The molecule has 0 spiro atoms. The van der Waals surface area contributed by atoms with Crippen LogP contribution < -0.4 is 0 Å². The van der Waals surface area contributed by atoms with E-state index in [1.807, 2.05) is 25.1 Å². The van der Waals surface area contributed by atoms with Crippen LogP contribution >= 0.6 is 19.4 Å². The summed E-state index contributed by atoms with van der Waals surface area (Å²) in [7, 11) is -3.90. The summed E-state index contributed by atoms with van der Waals surface area (Å²) in [6, 6.07) is 10.1.